The Hall–Kier alpha value is -1.65. The summed E-state index contributed by atoms with van der Waals surface area (Å²) in [7, 11) is 0. The molecule has 0 saturated carbocycles. The Kier molecular flexibility index (Phi) is 2.53. The second-order valence-electron chi connectivity index (χ2n) is 3.27. The van der Waals surface area contributed by atoms with Crippen LogP contribution in [0, 0.1) is 6.92 Å². The maximum Gasteiger partial charge on any atom is 0.252 e. The van der Waals surface area contributed by atoms with Crippen LogP contribution in [-0.2, 0) is 0 Å². The van der Waals surface area contributed by atoms with Gasteiger partial charge >= 0.3 is 0 Å². The Bertz CT molecular complexity index is 461. The Labute approximate surface area is 88.2 Å². The first-order valence-corrected chi connectivity index (χ1v) is 5.09. The van der Waals surface area contributed by atoms with Crippen molar-refractivity contribution in [2.24, 2.45) is 0 Å². The molecule has 0 radical (unpaired) electrons. The van der Waals surface area contributed by atoms with Crippen LogP contribution in [0.3, 0.4) is 0 Å². The minimum Gasteiger partial charge on any atom is -0.425 e. The summed E-state index contributed by atoms with van der Waals surface area (Å²) in [5.74, 6) is 1.57. The zero-order chi connectivity index (χ0) is 10.8. The third-order valence-electron chi connectivity index (χ3n) is 2.35. The van der Waals surface area contributed by atoms with Gasteiger partial charge in [-0.05, 0) is 20.8 Å². The molecule has 2 aromatic rings. The minimum absolute atomic E-state index is 0.560. The molecule has 5 heteroatoms. The first kappa shape index (κ1) is 9.89. The van der Waals surface area contributed by atoms with Crippen molar-refractivity contribution >= 4 is 17.0 Å². The second-order valence-corrected chi connectivity index (χ2v) is 3.27. The summed E-state index contributed by atoms with van der Waals surface area (Å²) in [5.41, 5.74) is 1.30. The van der Waals surface area contributed by atoms with Crippen LogP contribution in [0.4, 0.5) is 5.82 Å². The van der Waals surface area contributed by atoms with Crippen molar-refractivity contribution in [3.05, 3.63) is 12.2 Å². The van der Waals surface area contributed by atoms with Gasteiger partial charge < -0.3 is 9.32 Å². The van der Waals surface area contributed by atoms with Crippen LogP contribution < -0.4 is 4.90 Å². The van der Waals surface area contributed by atoms with Crippen LogP contribution in [0.2, 0.25) is 0 Å². The van der Waals surface area contributed by atoms with Crippen molar-refractivity contribution < 1.29 is 4.42 Å². The first-order valence-electron chi connectivity index (χ1n) is 5.09. The van der Waals surface area contributed by atoms with Gasteiger partial charge in [0, 0.05) is 13.1 Å². The predicted molar refractivity (Wildman–Crippen MR) is 57.9 cm³/mol. The predicted octanol–water partition coefficient (Wildman–Crippen LogP) is 1.77. The van der Waals surface area contributed by atoms with E-state index in [9.17, 15) is 0 Å². The highest BCUT2D eigenvalue weighted by Gasteiger charge is 2.13. The average Bonchev–Trinajstić information content (AvgIpc) is 2.67. The van der Waals surface area contributed by atoms with Gasteiger partial charge in [0.05, 0.1) is 0 Å². The number of hydrogen-bond acceptors (Lipinski definition) is 5. The third-order valence-corrected chi connectivity index (χ3v) is 2.35. The second kappa shape index (κ2) is 3.84. The number of hydrogen-bond donors (Lipinski definition) is 0. The molecule has 0 amide bonds. The van der Waals surface area contributed by atoms with Crippen LogP contribution in [-0.4, -0.2) is 28.0 Å². The SMILES string of the molecule is CCN(CC)c1nc(C)nc2ocnc12. The molecule has 0 spiro atoms. The van der Waals surface area contributed by atoms with E-state index >= 15 is 0 Å². The molecule has 0 atom stereocenters. The van der Waals surface area contributed by atoms with Gasteiger partial charge in [-0.25, -0.2) is 9.97 Å². The van der Waals surface area contributed by atoms with Gasteiger partial charge in [-0.2, -0.15) is 4.98 Å². The lowest BCUT2D eigenvalue weighted by molar-refractivity contribution is 0.588. The molecule has 0 aliphatic carbocycles. The van der Waals surface area contributed by atoms with Crippen LogP contribution in [0.1, 0.15) is 19.7 Å². The molecule has 0 bridgehead atoms. The smallest absolute Gasteiger partial charge is 0.252 e. The van der Waals surface area contributed by atoms with Crippen LogP contribution >= 0.6 is 0 Å². The van der Waals surface area contributed by atoms with Crippen LogP contribution in [0.15, 0.2) is 10.8 Å². The molecule has 0 saturated heterocycles. The summed E-state index contributed by atoms with van der Waals surface area (Å²) in [6.45, 7) is 7.83. The molecule has 0 aliphatic rings. The van der Waals surface area contributed by atoms with Crippen molar-refractivity contribution in [3.8, 4) is 0 Å². The lowest BCUT2D eigenvalue weighted by Gasteiger charge is -2.19. The Balaban J connectivity index is 2.61. The van der Waals surface area contributed by atoms with E-state index in [-0.39, 0.29) is 0 Å². The van der Waals surface area contributed by atoms with Gasteiger partial charge in [0.15, 0.2) is 17.7 Å². The normalized spacial score (nSPS) is 10.9. The lowest BCUT2D eigenvalue weighted by atomic mass is 10.4. The van der Waals surface area contributed by atoms with Gasteiger partial charge in [0.1, 0.15) is 5.82 Å². The molecule has 0 fully saturated rings. The van der Waals surface area contributed by atoms with E-state index < -0.39 is 0 Å². The largest absolute Gasteiger partial charge is 0.425 e. The van der Waals surface area contributed by atoms with E-state index in [0.717, 1.165) is 24.4 Å². The number of fused-ring (bicyclic) bond motifs is 1. The summed E-state index contributed by atoms with van der Waals surface area (Å²) in [5, 5.41) is 0. The molecule has 0 N–H and O–H groups in total. The number of aromatic nitrogens is 3. The monoisotopic (exact) mass is 206 g/mol. The topological polar surface area (TPSA) is 55.1 Å². The number of aryl methyl sites for hydroxylation is 1. The summed E-state index contributed by atoms with van der Waals surface area (Å²) < 4.78 is 5.19. The molecular weight excluding hydrogens is 192 g/mol. The van der Waals surface area contributed by atoms with E-state index in [0.29, 0.717) is 11.5 Å². The van der Waals surface area contributed by atoms with Gasteiger partial charge in [-0.3, -0.25) is 0 Å². The fourth-order valence-corrected chi connectivity index (χ4v) is 1.59. The zero-order valence-electron chi connectivity index (χ0n) is 9.19. The number of oxazole rings is 1. The lowest BCUT2D eigenvalue weighted by Crippen LogP contribution is -2.23. The van der Waals surface area contributed by atoms with Crippen molar-refractivity contribution in [1.29, 1.82) is 0 Å². The molecular formula is C10H14N4O. The highest BCUT2D eigenvalue weighted by atomic mass is 16.3. The van der Waals surface area contributed by atoms with E-state index in [1.54, 1.807) is 0 Å². The number of rotatable bonds is 3. The molecule has 2 heterocycles. The highest BCUT2D eigenvalue weighted by molar-refractivity contribution is 5.81. The van der Waals surface area contributed by atoms with E-state index in [1.807, 2.05) is 6.92 Å². The van der Waals surface area contributed by atoms with Gasteiger partial charge in [-0.1, -0.05) is 0 Å². The third kappa shape index (κ3) is 1.65. The van der Waals surface area contributed by atoms with E-state index in [2.05, 4.69) is 33.7 Å². The molecule has 5 nitrogen and oxygen atoms in total. The molecule has 0 unspecified atom stereocenters. The summed E-state index contributed by atoms with van der Waals surface area (Å²) in [6, 6.07) is 0. The van der Waals surface area contributed by atoms with Crippen molar-refractivity contribution in [2.75, 3.05) is 18.0 Å². The summed E-state index contributed by atoms with van der Waals surface area (Å²) >= 11 is 0. The number of anilines is 1. The Morgan fingerprint density at radius 2 is 2.00 bits per heavy atom. The summed E-state index contributed by atoms with van der Waals surface area (Å²) in [6.07, 6.45) is 1.41. The van der Waals surface area contributed by atoms with Crippen molar-refractivity contribution in [1.82, 2.24) is 15.0 Å². The fourth-order valence-electron chi connectivity index (χ4n) is 1.59. The number of nitrogens with zero attached hydrogens (tertiary/aromatic N) is 4. The maximum absolute atomic E-state index is 5.19. The summed E-state index contributed by atoms with van der Waals surface area (Å²) in [4.78, 5) is 14.9. The van der Waals surface area contributed by atoms with Gasteiger partial charge in [0.2, 0.25) is 0 Å². The quantitative estimate of drug-likeness (QED) is 0.766. The molecule has 80 valence electrons. The van der Waals surface area contributed by atoms with Gasteiger partial charge in [-0.15, -0.1) is 0 Å². The molecule has 2 aromatic heterocycles. The molecule has 15 heavy (non-hydrogen) atoms. The van der Waals surface area contributed by atoms with Crippen molar-refractivity contribution in [2.45, 2.75) is 20.8 Å². The molecule has 2 rings (SSSR count). The highest BCUT2D eigenvalue weighted by Crippen LogP contribution is 2.21. The standard InChI is InChI=1S/C10H14N4O/c1-4-14(5-2)9-8-10(15-6-11-8)13-7(3)12-9/h6H,4-5H2,1-3H3. The maximum atomic E-state index is 5.19. The van der Waals surface area contributed by atoms with E-state index in [1.165, 1.54) is 6.39 Å². The first-order chi connectivity index (χ1) is 7.26. The van der Waals surface area contributed by atoms with Crippen molar-refractivity contribution in [3.63, 3.8) is 0 Å². The average molecular weight is 206 g/mol. The van der Waals surface area contributed by atoms with Crippen LogP contribution in [0.25, 0.3) is 11.2 Å². The zero-order valence-corrected chi connectivity index (χ0v) is 9.19. The van der Waals surface area contributed by atoms with Gasteiger partial charge in [0.25, 0.3) is 5.71 Å². The minimum atomic E-state index is 0.560. The molecule has 0 aliphatic heterocycles. The van der Waals surface area contributed by atoms with Crippen LogP contribution in [0.5, 0.6) is 0 Å². The Morgan fingerprint density at radius 1 is 1.27 bits per heavy atom. The molecule has 0 aromatic carbocycles. The Morgan fingerprint density at radius 3 is 2.67 bits per heavy atom. The van der Waals surface area contributed by atoms with E-state index in [4.69, 9.17) is 4.42 Å². The fraction of sp³-hybridized carbons (Fsp3) is 0.500.